The van der Waals surface area contributed by atoms with Gasteiger partial charge in [-0.1, -0.05) is 54.6 Å². The molecule has 1 aliphatic heterocycles. The maximum atomic E-state index is 12.4. The minimum absolute atomic E-state index is 0.0551. The zero-order valence-electron chi connectivity index (χ0n) is 15.2. The monoisotopic (exact) mass is 373 g/mol. The van der Waals surface area contributed by atoms with E-state index in [0.717, 1.165) is 11.1 Å². The summed E-state index contributed by atoms with van der Waals surface area (Å²) in [6.07, 6.45) is 0.273. The fraction of sp³-hybridized carbons (Fsp3) is 0.130. The van der Waals surface area contributed by atoms with Crippen LogP contribution in [0, 0.1) is 0 Å². The van der Waals surface area contributed by atoms with Crippen molar-refractivity contribution in [3.05, 3.63) is 78.4 Å². The zero-order valence-corrected chi connectivity index (χ0v) is 15.2. The molecule has 0 aliphatic carbocycles. The highest BCUT2D eigenvalue weighted by Gasteiger charge is 2.15. The lowest BCUT2D eigenvalue weighted by molar-refractivity contribution is -0.116. The molecule has 0 spiro atoms. The Morgan fingerprint density at radius 3 is 2.29 bits per heavy atom. The molecule has 3 aromatic carbocycles. The third-order valence-electron chi connectivity index (χ3n) is 4.55. The van der Waals surface area contributed by atoms with E-state index in [9.17, 15) is 9.59 Å². The third kappa shape index (κ3) is 4.04. The highest BCUT2D eigenvalue weighted by Crippen LogP contribution is 2.34. The molecule has 0 bridgehead atoms. The number of amides is 1. The van der Waals surface area contributed by atoms with Crippen molar-refractivity contribution in [1.29, 1.82) is 0 Å². The SMILES string of the molecule is O=C(CCC(=O)c1ccc(-c2ccccc2)cc1)Nc1ccc2c(c1)OCO2. The molecule has 0 saturated heterocycles. The minimum atomic E-state index is -0.215. The van der Waals surface area contributed by atoms with E-state index in [-0.39, 0.29) is 31.3 Å². The molecule has 5 heteroatoms. The van der Waals surface area contributed by atoms with Crippen molar-refractivity contribution < 1.29 is 19.1 Å². The van der Waals surface area contributed by atoms with Crippen molar-refractivity contribution in [2.45, 2.75) is 12.8 Å². The summed E-state index contributed by atoms with van der Waals surface area (Å²) < 4.78 is 10.5. The van der Waals surface area contributed by atoms with Crippen molar-refractivity contribution in [2.24, 2.45) is 0 Å². The van der Waals surface area contributed by atoms with Crippen LogP contribution in [-0.4, -0.2) is 18.5 Å². The maximum absolute atomic E-state index is 12.4. The molecule has 3 aromatic rings. The predicted octanol–water partition coefficient (Wildman–Crippen LogP) is 4.68. The Kier molecular flexibility index (Phi) is 5.06. The smallest absolute Gasteiger partial charge is 0.231 e. The first-order valence-corrected chi connectivity index (χ1v) is 9.07. The number of carbonyl (C=O) groups excluding carboxylic acids is 2. The normalized spacial score (nSPS) is 11.9. The number of nitrogens with one attached hydrogen (secondary N) is 1. The molecule has 0 unspecified atom stereocenters. The van der Waals surface area contributed by atoms with Crippen LogP contribution < -0.4 is 14.8 Å². The number of carbonyl (C=O) groups is 2. The standard InChI is InChI=1S/C23H19NO4/c25-20(18-8-6-17(7-9-18)16-4-2-1-3-5-16)11-13-23(26)24-19-10-12-21-22(14-19)28-15-27-21/h1-10,12,14H,11,13,15H2,(H,24,26). The molecule has 0 aromatic heterocycles. The van der Waals surface area contributed by atoms with Crippen LogP contribution in [0.5, 0.6) is 11.5 Å². The van der Waals surface area contributed by atoms with Gasteiger partial charge in [0, 0.05) is 30.2 Å². The molecule has 5 nitrogen and oxygen atoms in total. The highest BCUT2D eigenvalue weighted by atomic mass is 16.7. The lowest BCUT2D eigenvalue weighted by Crippen LogP contribution is -2.13. The number of hydrogen-bond acceptors (Lipinski definition) is 4. The Labute approximate surface area is 162 Å². The molecule has 4 rings (SSSR count). The number of Topliss-reactive ketones (excluding diaryl/α,β-unsaturated/α-hetero) is 1. The molecule has 0 radical (unpaired) electrons. The van der Waals surface area contributed by atoms with Crippen molar-refractivity contribution in [3.8, 4) is 22.6 Å². The molecule has 1 N–H and O–H groups in total. The summed E-state index contributed by atoms with van der Waals surface area (Å²) in [7, 11) is 0. The van der Waals surface area contributed by atoms with Crippen LogP contribution in [0.3, 0.4) is 0 Å². The number of benzene rings is 3. The van der Waals surface area contributed by atoms with Gasteiger partial charge in [0.1, 0.15) is 0 Å². The van der Waals surface area contributed by atoms with Gasteiger partial charge in [-0.3, -0.25) is 9.59 Å². The summed E-state index contributed by atoms with van der Waals surface area (Å²) in [5, 5.41) is 2.78. The molecule has 140 valence electrons. The van der Waals surface area contributed by atoms with E-state index in [2.05, 4.69) is 5.32 Å². The van der Waals surface area contributed by atoms with E-state index in [1.165, 1.54) is 0 Å². The predicted molar refractivity (Wildman–Crippen MR) is 107 cm³/mol. The van der Waals surface area contributed by atoms with Gasteiger partial charge in [0.2, 0.25) is 12.7 Å². The van der Waals surface area contributed by atoms with E-state index in [1.54, 1.807) is 30.3 Å². The van der Waals surface area contributed by atoms with Crippen LogP contribution in [0.15, 0.2) is 72.8 Å². The third-order valence-corrected chi connectivity index (χ3v) is 4.55. The average molecular weight is 373 g/mol. The van der Waals surface area contributed by atoms with Gasteiger partial charge >= 0.3 is 0 Å². The molecule has 1 amide bonds. The number of ether oxygens (including phenoxy) is 2. The zero-order chi connectivity index (χ0) is 19.3. The number of fused-ring (bicyclic) bond motifs is 1. The van der Waals surface area contributed by atoms with Crippen molar-refractivity contribution in [2.75, 3.05) is 12.1 Å². The first-order valence-electron chi connectivity index (χ1n) is 9.07. The van der Waals surface area contributed by atoms with E-state index in [4.69, 9.17) is 9.47 Å². The Morgan fingerprint density at radius 2 is 1.50 bits per heavy atom. The van der Waals surface area contributed by atoms with E-state index in [1.807, 2.05) is 42.5 Å². The molecule has 28 heavy (non-hydrogen) atoms. The highest BCUT2D eigenvalue weighted by molar-refractivity contribution is 6.00. The van der Waals surface area contributed by atoms with Crippen molar-refractivity contribution >= 4 is 17.4 Å². The summed E-state index contributed by atoms with van der Waals surface area (Å²) in [4.78, 5) is 24.5. The van der Waals surface area contributed by atoms with E-state index < -0.39 is 0 Å². The maximum Gasteiger partial charge on any atom is 0.231 e. The number of rotatable bonds is 6. The van der Waals surface area contributed by atoms with Crippen molar-refractivity contribution in [3.63, 3.8) is 0 Å². The van der Waals surface area contributed by atoms with E-state index in [0.29, 0.717) is 22.7 Å². The number of anilines is 1. The quantitative estimate of drug-likeness (QED) is 0.637. The molecule has 0 saturated carbocycles. The first kappa shape index (κ1) is 17.8. The van der Waals surface area contributed by atoms with Gasteiger partial charge in [-0.25, -0.2) is 0 Å². The van der Waals surface area contributed by atoms with E-state index >= 15 is 0 Å². The number of ketones is 1. The Balaban J connectivity index is 1.32. The summed E-state index contributed by atoms with van der Waals surface area (Å²) >= 11 is 0. The van der Waals surface area contributed by atoms with Gasteiger partial charge in [0.25, 0.3) is 0 Å². The lowest BCUT2D eigenvalue weighted by Gasteiger charge is -2.07. The molecular weight excluding hydrogens is 354 g/mol. The van der Waals surface area contributed by atoms with Crippen LogP contribution in [0.25, 0.3) is 11.1 Å². The number of hydrogen-bond donors (Lipinski definition) is 1. The second-order valence-electron chi connectivity index (χ2n) is 6.48. The van der Waals surface area contributed by atoms with Crippen molar-refractivity contribution in [1.82, 2.24) is 0 Å². The molecule has 0 fully saturated rings. The summed E-state index contributed by atoms with van der Waals surface area (Å²) in [6, 6.07) is 22.6. The Morgan fingerprint density at radius 1 is 0.786 bits per heavy atom. The topological polar surface area (TPSA) is 64.6 Å². The summed E-state index contributed by atoms with van der Waals surface area (Å²) in [5.74, 6) is 0.994. The summed E-state index contributed by atoms with van der Waals surface area (Å²) in [5.41, 5.74) is 3.38. The lowest BCUT2D eigenvalue weighted by atomic mass is 10.0. The fourth-order valence-electron chi connectivity index (χ4n) is 3.05. The van der Waals surface area contributed by atoms with Crippen LogP contribution in [0.1, 0.15) is 23.2 Å². The van der Waals surface area contributed by atoms with Crippen LogP contribution in [0.2, 0.25) is 0 Å². The van der Waals surface area contributed by atoms with Crippen LogP contribution in [0.4, 0.5) is 5.69 Å². The largest absolute Gasteiger partial charge is 0.454 e. The van der Waals surface area contributed by atoms with Crippen LogP contribution in [-0.2, 0) is 4.79 Å². The first-order chi connectivity index (χ1) is 13.7. The second-order valence-corrected chi connectivity index (χ2v) is 6.48. The van der Waals surface area contributed by atoms with Crippen LogP contribution >= 0.6 is 0 Å². The van der Waals surface area contributed by atoms with Gasteiger partial charge in [-0.15, -0.1) is 0 Å². The van der Waals surface area contributed by atoms with Gasteiger partial charge in [-0.2, -0.15) is 0 Å². The Bertz CT molecular complexity index is 997. The molecular formula is C23H19NO4. The second kappa shape index (κ2) is 7.96. The van der Waals surface area contributed by atoms with Gasteiger partial charge in [0.15, 0.2) is 17.3 Å². The van der Waals surface area contributed by atoms with Gasteiger partial charge < -0.3 is 14.8 Å². The molecule has 1 aliphatic rings. The molecule has 0 atom stereocenters. The van der Waals surface area contributed by atoms with Gasteiger partial charge in [-0.05, 0) is 23.3 Å². The Hall–Kier alpha value is -3.60. The fourth-order valence-corrected chi connectivity index (χ4v) is 3.05. The van der Waals surface area contributed by atoms with Gasteiger partial charge in [0.05, 0.1) is 0 Å². The molecule has 1 heterocycles. The summed E-state index contributed by atoms with van der Waals surface area (Å²) in [6.45, 7) is 0.185. The average Bonchev–Trinajstić information content (AvgIpc) is 3.21. The minimum Gasteiger partial charge on any atom is -0.454 e.